The Bertz CT molecular complexity index is 316. The number of halogens is 1. The highest BCUT2D eigenvalue weighted by Gasteiger charge is 2.15. The highest BCUT2D eigenvalue weighted by atomic mass is 19.1. The standard InChI is InChI=1S/C11H15FO2/c1-11(2,3)14-10-7-8(12)5-6-9(10)13-4/h5-7H,1-4H3. The molecule has 78 valence electrons. The molecular formula is C11H15FO2. The topological polar surface area (TPSA) is 18.5 Å². The van der Waals surface area contributed by atoms with E-state index in [2.05, 4.69) is 0 Å². The van der Waals surface area contributed by atoms with Crippen molar-refractivity contribution in [1.29, 1.82) is 0 Å². The monoisotopic (exact) mass is 198 g/mol. The Kier molecular flexibility index (Phi) is 2.99. The fourth-order valence-electron chi connectivity index (χ4n) is 1.06. The smallest absolute Gasteiger partial charge is 0.164 e. The quantitative estimate of drug-likeness (QED) is 0.727. The van der Waals surface area contributed by atoms with E-state index in [1.807, 2.05) is 20.8 Å². The number of rotatable bonds is 2. The molecule has 1 rings (SSSR count). The third-order valence-corrected chi connectivity index (χ3v) is 1.54. The molecule has 0 heterocycles. The van der Waals surface area contributed by atoms with Gasteiger partial charge in [-0.2, -0.15) is 0 Å². The molecule has 0 aliphatic carbocycles. The van der Waals surface area contributed by atoms with Gasteiger partial charge >= 0.3 is 0 Å². The van der Waals surface area contributed by atoms with Crippen LogP contribution in [0.25, 0.3) is 0 Å². The van der Waals surface area contributed by atoms with Crippen molar-refractivity contribution < 1.29 is 13.9 Å². The first kappa shape index (κ1) is 10.8. The van der Waals surface area contributed by atoms with E-state index in [1.54, 1.807) is 6.07 Å². The maximum atomic E-state index is 12.9. The van der Waals surface area contributed by atoms with Gasteiger partial charge in [-0.3, -0.25) is 0 Å². The Labute approximate surface area is 83.6 Å². The molecule has 0 aliphatic rings. The molecule has 0 fully saturated rings. The van der Waals surface area contributed by atoms with Gasteiger partial charge in [0.1, 0.15) is 11.4 Å². The molecule has 1 aromatic rings. The van der Waals surface area contributed by atoms with Crippen molar-refractivity contribution in [3.8, 4) is 11.5 Å². The molecule has 2 nitrogen and oxygen atoms in total. The van der Waals surface area contributed by atoms with Crippen molar-refractivity contribution in [2.75, 3.05) is 7.11 Å². The van der Waals surface area contributed by atoms with Crippen LogP contribution in [-0.4, -0.2) is 12.7 Å². The van der Waals surface area contributed by atoms with Gasteiger partial charge in [-0.1, -0.05) is 0 Å². The van der Waals surface area contributed by atoms with Crippen LogP contribution < -0.4 is 9.47 Å². The van der Waals surface area contributed by atoms with Crippen LogP contribution in [0.2, 0.25) is 0 Å². The minimum atomic E-state index is -0.360. The molecule has 14 heavy (non-hydrogen) atoms. The van der Waals surface area contributed by atoms with Gasteiger partial charge in [0.25, 0.3) is 0 Å². The molecule has 0 atom stereocenters. The van der Waals surface area contributed by atoms with Crippen molar-refractivity contribution >= 4 is 0 Å². The molecule has 0 radical (unpaired) electrons. The van der Waals surface area contributed by atoms with E-state index in [4.69, 9.17) is 9.47 Å². The summed E-state index contributed by atoms with van der Waals surface area (Å²) in [7, 11) is 1.53. The van der Waals surface area contributed by atoms with Crippen LogP contribution in [0.1, 0.15) is 20.8 Å². The van der Waals surface area contributed by atoms with Gasteiger partial charge in [0.15, 0.2) is 11.5 Å². The summed E-state index contributed by atoms with van der Waals surface area (Å²) in [5.74, 6) is 0.645. The Hall–Kier alpha value is -1.25. The number of hydrogen-bond acceptors (Lipinski definition) is 2. The lowest BCUT2D eigenvalue weighted by atomic mass is 10.2. The molecule has 0 unspecified atom stereocenters. The third kappa shape index (κ3) is 2.91. The van der Waals surface area contributed by atoms with Crippen molar-refractivity contribution in [3.63, 3.8) is 0 Å². The molecule has 0 bridgehead atoms. The molecule has 0 amide bonds. The summed E-state index contributed by atoms with van der Waals surface area (Å²) in [6.45, 7) is 5.70. The Morgan fingerprint density at radius 1 is 1.14 bits per heavy atom. The van der Waals surface area contributed by atoms with Gasteiger partial charge in [0.05, 0.1) is 7.11 Å². The van der Waals surface area contributed by atoms with Crippen LogP contribution in [0, 0.1) is 5.82 Å². The van der Waals surface area contributed by atoms with Crippen molar-refractivity contribution in [2.45, 2.75) is 26.4 Å². The molecule has 0 N–H and O–H groups in total. The largest absolute Gasteiger partial charge is 0.493 e. The maximum Gasteiger partial charge on any atom is 0.164 e. The zero-order valence-electron chi connectivity index (χ0n) is 8.93. The molecule has 0 saturated heterocycles. The van der Waals surface area contributed by atoms with Crippen molar-refractivity contribution in [2.24, 2.45) is 0 Å². The van der Waals surface area contributed by atoms with Gasteiger partial charge in [-0.15, -0.1) is 0 Å². The van der Waals surface area contributed by atoms with Crippen LogP contribution in [0.5, 0.6) is 11.5 Å². The molecular weight excluding hydrogens is 183 g/mol. The van der Waals surface area contributed by atoms with Crippen LogP contribution in [0.3, 0.4) is 0 Å². The van der Waals surface area contributed by atoms with Crippen LogP contribution in [0.4, 0.5) is 4.39 Å². The predicted molar refractivity (Wildman–Crippen MR) is 53.3 cm³/mol. The number of hydrogen-bond donors (Lipinski definition) is 0. The van der Waals surface area contributed by atoms with Crippen LogP contribution >= 0.6 is 0 Å². The summed E-state index contributed by atoms with van der Waals surface area (Å²) in [6, 6.07) is 4.22. The second-order valence-electron chi connectivity index (χ2n) is 4.01. The maximum absolute atomic E-state index is 12.9. The second-order valence-corrected chi connectivity index (χ2v) is 4.01. The summed E-state index contributed by atoms with van der Waals surface area (Å²) in [5.41, 5.74) is -0.360. The minimum absolute atomic E-state index is 0.329. The van der Waals surface area contributed by atoms with E-state index in [1.165, 1.54) is 19.2 Å². The number of methoxy groups -OCH3 is 1. The van der Waals surface area contributed by atoms with E-state index in [0.717, 1.165) is 0 Å². The van der Waals surface area contributed by atoms with E-state index in [9.17, 15) is 4.39 Å². The zero-order valence-corrected chi connectivity index (χ0v) is 8.93. The molecule has 0 saturated carbocycles. The second kappa shape index (κ2) is 3.86. The summed E-state index contributed by atoms with van der Waals surface area (Å²) in [4.78, 5) is 0. The number of benzene rings is 1. The lowest BCUT2D eigenvalue weighted by molar-refractivity contribution is 0.125. The van der Waals surface area contributed by atoms with Crippen molar-refractivity contribution in [3.05, 3.63) is 24.0 Å². The Morgan fingerprint density at radius 3 is 2.29 bits per heavy atom. The fourth-order valence-corrected chi connectivity index (χ4v) is 1.06. The van der Waals surface area contributed by atoms with Gasteiger partial charge in [0, 0.05) is 6.07 Å². The van der Waals surface area contributed by atoms with Crippen molar-refractivity contribution in [1.82, 2.24) is 0 Å². The first-order chi connectivity index (χ1) is 6.42. The van der Waals surface area contributed by atoms with E-state index < -0.39 is 0 Å². The minimum Gasteiger partial charge on any atom is -0.493 e. The van der Waals surface area contributed by atoms with Gasteiger partial charge in [0.2, 0.25) is 0 Å². The SMILES string of the molecule is COc1ccc(F)cc1OC(C)(C)C. The average Bonchev–Trinajstić information content (AvgIpc) is 2.01. The number of ether oxygens (including phenoxy) is 2. The predicted octanol–water partition coefficient (Wildman–Crippen LogP) is 3.01. The van der Waals surface area contributed by atoms with Gasteiger partial charge < -0.3 is 9.47 Å². The highest BCUT2D eigenvalue weighted by Crippen LogP contribution is 2.30. The lowest BCUT2D eigenvalue weighted by Crippen LogP contribution is -2.23. The summed E-state index contributed by atoms with van der Waals surface area (Å²) in [6.07, 6.45) is 0. The average molecular weight is 198 g/mol. The summed E-state index contributed by atoms with van der Waals surface area (Å²) >= 11 is 0. The van der Waals surface area contributed by atoms with E-state index in [0.29, 0.717) is 11.5 Å². The molecule has 1 aromatic carbocycles. The summed E-state index contributed by atoms with van der Waals surface area (Å²) < 4.78 is 23.5. The molecule has 3 heteroatoms. The van der Waals surface area contributed by atoms with Gasteiger partial charge in [-0.25, -0.2) is 4.39 Å². The molecule has 0 spiro atoms. The first-order valence-electron chi connectivity index (χ1n) is 4.45. The van der Waals surface area contributed by atoms with E-state index in [-0.39, 0.29) is 11.4 Å². The zero-order chi connectivity index (χ0) is 10.8. The third-order valence-electron chi connectivity index (χ3n) is 1.54. The lowest BCUT2D eigenvalue weighted by Gasteiger charge is -2.22. The van der Waals surface area contributed by atoms with Gasteiger partial charge in [-0.05, 0) is 32.9 Å². The highest BCUT2D eigenvalue weighted by molar-refractivity contribution is 5.40. The summed E-state index contributed by atoms with van der Waals surface area (Å²) in [5, 5.41) is 0. The Morgan fingerprint density at radius 2 is 1.79 bits per heavy atom. The molecule has 0 aliphatic heterocycles. The Balaban J connectivity index is 2.99. The normalized spacial score (nSPS) is 11.2. The molecule has 0 aromatic heterocycles. The first-order valence-corrected chi connectivity index (χ1v) is 4.45. The van der Waals surface area contributed by atoms with Crippen LogP contribution in [0.15, 0.2) is 18.2 Å². The fraction of sp³-hybridized carbons (Fsp3) is 0.455. The van der Waals surface area contributed by atoms with Crippen LogP contribution in [-0.2, 0) is 0 Å². The van der Waals surface area contributed by atoms with E-state index >= 15 is 0 Å².